The molecule has 154 valence electrons. The maximum atomic E-state index is 5.50. The largest absolute Gasteiger partial charge is 0.378 e. The number of anilines is 1. The molecule has 0 aromatic carbocycles. The molecule has 30 heavy (non-hydrogen) atoms. The van der Waals surface area contributed by atoms with E-state index in [4.69, 9.17) is 19.2 Å². The van der Waals surface area contributed by atoms with Crippen molar-refractivity contribution in [3.05, 3.63) is 36.4 Å². The molecule has 1 fully saturated rings. The summed E-state index contributed by atoms with van der Waals surface area (Å²) < 4.78 is 12.6. The fraction of sp³-hybridized carbons (Fsp3) is 0.368. The van der Waals surface area contributed by atoms with Crippen molar-refractivity contribution in [1.82, 2.24) is 39.8 Å². The summed E-state index contributed by atoms with van der Waals surface area (Å²) in [4.78, 5) is 22.8. The van der Waals surface area contributed by atoms with Crippen LogP contribution in [0, 0.1) is 0 Å². The predicted molar refractivity (Wildman–Crippen MR) is 108 cm³/mol. The van der Waals surface area contributed by atoms with Crippen molar-refractivity contribution in [2.75, 3.05) is 45.3 Å². The van der Waals surface area contributed by atoms with Crippen molar-refractivity contribution >= 4 is 16.9 Å². The van der Waals surface area contributed by atoms with E-state index < -0.39 is 0 Å². The number of aromatic nitrogens is 7. The van der Waals surface area contributed by atoms with Crippen LogP contribution in [0.4, 0.5) is 5.82 Å². The lowest BCUT2D eigenvalue weighted by atomic mass is 10.2. The zero-order chi connectivity index (χ0) is 20.5. The van der Waals surface area contributed by atoms with E-state index in [1.54, 1.807) is 10.9 Å². The van der Waals surface area contributed by atoms with E-state index in [2.05, 4.69) is 25.1 Å². The van der Waals surface area contributed by atoms with Gasteiger partial charge in [0.15, 0.2) is 11.6 Å². The van der Waals surface area contributed by atoms with Crippen LogP contribution in [0.2, 0.25) is 0 Å². The molecule has 0 N–H and O–H groups in total. The Balaban J connectivity index is 1.61. The van der Waals surface area contributed by atoms with Crippen molar-refractivity contribution in [2.45, 2.75) is 6.54 Å². The predicted octanol–water partition coefficient (Wildman–Crippen LogP) is 1.16. The van der Waals surface area contributed by atoms with Crippen LogP contribution in [0.3, 0.4) is 0 Å². The maximum Gasteiger partial charge on any atom is 0.276 e. The third-order valence-corrected chi connectivity index (χ3v) is 4.68. The molecule has 4 aromatic heterocycles. The number of pyridine rings is 1. The minimum absolute atomic E-state index is 0.373. The molecule has 1 aliphatic rings. The van der Waals surface area contributed by atoms with Crippen molar-refractivity contribution in [1.29, 1.82) is 0 Å². The Morgan fingerprint density at radius 1 is 1.07 bits per heavy atom. The number of rotatable bonds is 5. The molecule has 0 spiro atoms. The standard InChI is InChI=1S/C19H21N9O2/c1-26(2)12-15-23-18(30-25-15)14-5-4-13-16(21-14)17(27-8-10-29-11-9-27)24-19(22-13)28-7-3-6-20-28/h3-7H,8-12H2,1-2H3. The highest BCUT2D eigenvalue weighted by molar-refractivity contribution is 5.87. The SMILES string of the molecule is CN(C)Cc1noc(-c2ccc3nc(-n4cccn4)nc(N4CCOCC4)c3n2)n1. The number of nitrogens with zero attached hydrogens (tertiary/aromatic N) is 9. The summed E-state index contributed by atoms with van der Waals surface area (Å²) in [5.74, 6) is 2.21. The third-order valence-electron chi connectivity index (χ3n) is 4.68. The first kappa shape index (κ1) is 18.6. The summed E-state index contributed by atoms with van der Waals surface area (Å²) in [7, 11) is 3.90. The van der Waals surface area contributed by atoms with Crippen LogP contribution in [0.1, 0.15) is 5.82 Å². The number of hydrogen-bond donors (Lipinski definition) is 0. The molecule has 0 aliphatic carbocycles. The Labute approximate surface area is 172 Å². The van der Waals surface area contributed by atoms with Crippen molar-refractivity contribution in [3.63, 3.8) is 0 Å². The summed E-state index contributed by atoms with van der Waals surface area (Å²) in [5.41, 5.74) is 1.98. The topological polar surface area (TPSA) is 111 Å². The summed E-state index contributed by atoms with van der Waals surface area (Å²) in [6.07, 6.45) is 3.51. The average molecular weight is 407 g/mol. The molecular weight excluding hydrogens is 386 g/mol. The summed E-state index contributed by atoms with van der Waals surface area (Å²) in [6, 6.07) is 5.56. The Morgan fingerprint density at radius 2 is 1.93 bits per heavy atom. The molecule has 1 aliphatic heterocycles. The molecule has 0 saturated carbocycles. The molecule has 0 unspecified atom stereocenters. The van der Waals surface area contributed by atoms with Crippen LogP contribution in [0.15, 0.2) is 35.1 Å². The number of fused-ring (bicyclic) bond motifs is 1. The first-order valence-corrected chi connectivity index (χ1v) is 9.66. The summed E-state index contributed by atoms with van der Waals surface area (Å²) in [5, 5.41) is 8.30. The van der Waals surface area contributed by atoms with E-state index in [1.165, 1.54) is 0 Å². The van der Waals surface area contributed by atoms with Crippen LogP contribution in [0.25, 0.3) is 28.6 Å². The van der Waals surface area contributed by atoms with Gasteiger partial charge in [-0.25, -0.2) is 14.6 Å². The molecule has 0 radical (unpaired) electrons. The smallest absolute Gasteiger partial charge is 0.276 e. The van der Waals surface area contributed by atoms with Gasteiger partial charge in [-0.2, -0.15) is 15.1 Å². The summed E-state index contributed by atoms with van der Waals surface area (Å²) >= 11 is 0. The lowest BCUT2D eigenvalue weighted by Crippen LogP contribution is -2.37. The first-order chi connectivity index (χ1) is 14.7. The summed E-state index contributed by atoms with van der Waals surface area (Å²) in [6.45, 7) is 3.32. The number of ether oxygens (including phenoxy) is 1. The normalized spacial score (nSPS) is 14.7. The second-order valence-electron chi connectivity index (χ2n) is 7.22. The highest BCUT2D eigenvalue weighted by Crippen LogP contribution is 2.27. The molecule has 4 aromatic rings. The Kier molecular flexibility index (Phi) is 4.81. The van der Waals surface area contributed by atoms with Gasteiger partial charge in [-0.3, -0.25) is 0 Å². The van der Waals surface area contributed by atoms with E-state index in [0.717, 1.165) is 18.9 Å². The van der Waals surface area contributed by atoms with Crippen LogP contribution < -0.4 is 4.90 Å². The van der Waals surface area contributed by atoms with Gasteiger partial charge < -0.3 is 19.1 Å². The van der Waals surface area contributed by atoms with Gasteiger partial charge >= 0.3 is 0 Å². The minimum Gasteiger partial charge on any atom is -0.378 e. The molecule has 11 heteroatoms. The van der Waals surface area contributed by atoms with Gasteiger partial charge in [0.2, 0.25) is 0 Å². The fourth-order valence-corrected chi connectivity index (χ4v) is 3.30. The molecule has 0 atom stereocenters. The van der Waals surface area contributed by atoms with Gasteiger partial charge in [-0.05, 0) is 32.3 Å². The molecular formula is C19H21N9O2. The molecule has 5 rings (SSSR count). The number of morpholine rings is 1. The van der Waals surface area contributed by atoms with Gasteiger partial charge in [-0.15, -0.1) is 0 Å². The monoisotopic (exact) mass is 407 g/mol. The van der Waals surface area contributed by atoms with Gasteiger partial charge in [0, 0.05) is 25.5 Å². The second-order valence-corrected chi connectivity index (χ2v) is 7.22. The lowest BCUT2D eigenvalue weighted by molar-refractivity contribution is 0.122. The van der Waals surface area contributed by atoms with Crippen molar-refractivity contribution in [3.8, 4) is 17.5 Å². The Morgan fingerprint density at radius 3 is 2.70 bits per heavy atom. The van der Waals surface area contributed by atoms with E-state index in [0.29, 0.717) is 54.1 Å². The number of hydrogen-bond acceptors (Lipinski definition) is 10. The van der Waals surface area contributed by atoms with E-state index >= 15 is 0 Å². The zero-order valence-electron chi connectivity index (χ0n) is 16.8. The van der Waals surface area contributed by atoms with Gasteiger partial charge in [-0.1, -0.05) is 5.16 Å². The fourth-order valence-electron chi connectivity index (χ4n) is 3.30. The van der Waals surface area contributed by atoms with E-state index in [9.17, 15) is 0 Å². The average Bonchev–Trinajstić information content (AvgIpc) is 3.45. The van der Waals surface area contributed by atoms with Crippen molar-refractivity contribution in [2.24, 2.45) is 0 Å². The van der Waals surface area contributed by atoms with E-state index in [1.807, 2.05) is 43.4 Å². The zero-order valence-corrected chi connectivity index (χ0v) is 16.8. The quantitative estimate of drug-likeness (QED) is 0.478. The Bertz CT molecular complexity index is 1150. The Hall–Kier alpha value is -3.44. The third kappa shape index (κ3) is 3.60. The van der Waals surface area contributed by atoms with Gasteiger partial charge in [0.05, 0.1) is 25.3 Å². The highest BCUT2D eigenvalue weighted by Gasteiger charge is 2.21. The van der Waals surface area contributed by atoms with Crippen LogP contribution in [0.5, 0.6) is 0 Å². The molecule has 0 amide bonds. The molecule has 11 nitrogen and oxygen atoms in total. The van der Waals surface area contributed by atoms with E-state index in [-0.39, 0.29) is 0 Å². The first-order valence-electron chi connectivity index (χ1n) is 9.66. The second kappa shape index (κ2) is 7.76. The van der Waals surface area contributed by atoms with Crippen molar-refractivity contribution < 1.29 is 9.26 Å². The van der Waals surface area contributed by atoms with Gasteiger partial charge in [0.25, 0.3) is 11.8 Å². The maximum absolute atomic E-state index is 5.50. The van der Waals surface area contributed by atoms with Crippen LogP contribution in [-0.4, -0.2) is 80.2 Å². The highest BCUT2D eigenvalue weighted by atomic mass is 16.5. The lowest BCUT2D eigenvalue weighted by Gasteiger charge is -2.28. The molecule has 5 heterocycles. The van der Waals surface area contributed by atoms with Crippen LogP contribution >= 0.6 is 0 Å². The molecule has 1 saturated heterocycles. The van der Waals surface area contributed by atoms with Crippen LogP contribution in [-0.2, 0) is 11.3 Å². The minimum atomic E-state index is 0.373. The molecule has 0 bridgehead atoms. The van der Waals surface area contributed by atoms with Gasteiger partial charge in [0.1, 0.15) is 11.2 Å².